The zero-order valence-corrected chi connectivity index (χ0v) is 8.30. The van der Waals surface area contributed by atoms with E-state index in [-0.39, 0.29) is 0 Å². The fourth-order valence-corrected chi connectivity index (χ4v) is 1.60. The van der Waals surface area contributed by atoms with Crippen LogP contribution in [0.5, 0.6) is 0 Å². The predicted molar refractivity (Wildman–Crippen MR) is 56.7 cm³/mol. The Kier molecular flexibility index (Phi) is 1.65. The standard InChI is InChI=1S/C8H6N6S/c15-8-4-5(12-3-11-4)13-7(14-8)6-9-1-2-10-6/h1-3H,(H,9,10)(H2,11,12,13,14,15). The van der Waals surface area contributed by atoms with Gasteiger partial charge in [-0.2, -0.15) is 0 Å². The Morgan fingerprint density at radius 2 is 2.07 bits per heavy atom. The molecule has 3 heterocycles. The number of rotatable bonds is 1. The Morgan fingerprint density at radius 1 is 1.13 bits per heavy atom. The summed E-state index contributed by atoms with van der Waals surface area (Å²) < 4.78 is 0.479. The number of fused-ring (bicyclic) bond motifs is 1. The Hall–Kier alpha value is -2.02. The summed E-state index contributed by atoms with van der Waals surface area (Å²) in [7, 11) is 0. The second-order valence-electron chi connectivity index (χ2n) is 2.95. The molecule has 3 N–H and O–H groups in total. The molecule has 0 aromatic carbocycles. The quantitative estimate of drug-likeness (QED) is 0.539. The van der Waals surface area contributed by atoms with Gasteiger partial charge in [-0.15, -0.1) is 0 Å². The van der Waals surface area contributed by atoms with E-state index in [1.165, 1.54) is 0 Å². The third kappa shape index (κ3) is 1.24. The van der Waals surface area contributed by atoms with E-state index < -0.39 is 0 Å². The lowest BCUT2D eigenvalue weighted by atomic mass is 10.5. The first kappa shape index (κ1) is 8.30. The Labute approximate surface area is 88.8 Å². The fourth-order valence-electron chi connectivity index (χ4n) is 1.36. The highest BCUT2D eigenvalue weighted by Gasteiger charge is 2.06. The zero-order valence-electron chi connectivity index (χ0n) is 7.48. The predicted octanol–water partition coefficient (Wildman–Crippen LogP) is 1.41. The minimum atomic E-state index is 0.479. The van der Waals surface area contributed by atoms with Crippen LogP contribution in [0.25, 0.3) is 22.8 Å². The number of hydrogen-bond acceptors (Lipinski definition) is 4. The third-order valence-corrected chi connectivity index (χ3v) is 2.32. The lowest BCUT2D eigenvalue weighted by Gasteiger charge is -1.96. The first-order chi connectivity index (χ1) is 7.34. The van der Waals surface area contributed by atoms with Gasteiger partial charge in [-0.1, -0.05) is 12.2 Å². The van der Waals surface area contributed by atoms with E-state index in [0.29, 0.717) is 21.9 Å². The molecule has 6 nitrogen and oxygen atoms in total. The normalized spacial score (nSPS) is 10.9. The van der Waals surface area contributed by atoms with E-state index in [1.807, 2.05) is 0 Å². The van der Waals surface area contributed by atoms with Crippen LogP contribution in [0, 0.1) is 4.64 Å². The molecule has 0 fully saturated rings. The van der Waals surface area contributed by atoms with Gasteiger partial charge in [0.1, 0.15) is 5.52 Å². The van der Waals surface area contributed by atoms with Gasteiger partial charge in [0.25, 0.3) is 0 Å². The summed E-state index contributed by atoms with van der Waals surface area (Å²) in [5, 5.41) is 0. The summed E-state index contributed by atoms with van der Waals surface area (Å²) in [4.78, 5) is 21.3. The van der Waals surface area contributed by atoms with Crippen molar-refractivity contribution in [2.75, 3.05) is 0 Å². The number of imidazole rings is 2. The number of aromatic amines is 3. The molecule has 3 aromatic heterocycles. The van der Waals surface area contributed by atoms with Gasteiger partial charge in [0.05, 0.1) is 6.33 Å². The van der Waals surface area contributed by atoms with Crippen LogP contribution in [0.15, 0.2) is 18.7 Å². The van der Waals surface area contributed by atoms with Gasteiger partial charge in [0.15, 0.2) is 21.9 Å². The molecule has 0 saturated carbocycles. The second-order valence-corrected chi connectivity index (χ2v) is 3.34. The van der Waals surface area contributed by atoms with Crippen LogP contribution in [0.1, 0.15) is 0 Å². The molecule has 0 aliphatic rings. The van der Waals surface area contributed by atoms with Gasteiger partial charge in [-0.3, -0.25) is 0 Å². The van der Waals surface area contributed by atoms with Gasteiger partial charge in [-0.05, 0) is 0 Å². The van der Waals surface area contributed by atoms with Crippen molar-refractivity contribution < 1.29 is 0 Å². The van der Waals surface area contributed by atoms with Crippen LogP contribution in [0.3, 0.4) is 0 Å². The maximum atomic E-state index is 5.12. The minimum Gasteiger partial charge on any atom is -0.342 e. The Bertz CT molecular complexity index is 649. The van der Waals surface area contributed by atoms with Crippen molar-refractivity contribution in [3.05, 3.63) is 23.4 Å². The van der Waals surface area contributed by atoms with Crippen LogP contribution in [-0.4, -0.2) is 29.9 Å². The molecule has 0 bridgehead atoms. The number of nitrogens with one attached hydrogen (secondary N) is 3. The molecular weight excluding hydrogens is 212 g/mol. The Balaban J connectivity index is 2.34. The maximum absolute atomic E-state index is 5.12. The number of nitrogens with zero attached hydrogens (tertiary/aromatic N) is 3. The molecule has 0 saturated heterocycles. The summed E-state index contributed by atoms with van der Waals surface area (Å²) in [5.41, 5.74) is 1.42. The fraction of sp³-hybridized carbons (Fsp3) is 0. The Morgan fingerprint density at radius 3 is 2.87 bits per heavy atom. The van der Waals surface area contributed by atoms with Crippen molar-refractivity contribution in [1.29, 1.82) is 0 Å². The topological polar surface area (TPSA) is 86.0 Å². The molecule has 15 heavy (non-hydrogen) atoms. The van der Waals surface area contributed by atoms with Crippen LogP contribution in [-0.2, 0) is 0 Å². The summed E-state index contributed by atoms with van der Waals surface area (Å²) in [6, 6.07) is 0. The highest BCUT2D eigenvalue weighted by Crippen LogP contribution is 2.13. The van der Waals surface area contributed by atoms with Crippen LogP contribution < -0.4 is 0 Å². The van der Waals surface area contributed by atoms with Crippen LogP contribution in [0.2, 0.25) is 0 Å². The van der Waals surface area contributed by atoms with Crippen molar-refractivity contribution in [2.45, 2.75) is 0 Å². The van der Waals surface area contributed by atoms with Crippen molar-refractivity contribution in [3.8, 4) is 11.6 Å². The first-order valence-corrected chi connectivity index (χ1v) is 4.68. The lowest BCUT2D eigenvalue weighted by molar-refractivity contribution is 1.13. The van der Waals surface area contributed by atoms with Crippen molar-refractivity contribution in [1.82, 2.24) is 29.9 Å². The summed E-state index contributed by atoms with van der Waals surface area (Å²) in [6.07, 6.45) is 4.95. The molecule has 7 heteroatoms. The maximum Gasteiger partial charge on any atom is 0.176 e. The molecule has 0 atom stereocenters. The average Bonchev–Trinajstić information content (AvgIpc) is 2.88. The van der Waals surface area contributed by atoms with E-state index in [1.54, 1.807) is 18.7 Å². The highest BCUT2D eigenvalue weighted by molar-refractivity contribution is 7.71. The summed E-state index contributed by atoms with van der Waals surface area (Å²) >= 11 is 5.12. The van der Waals surface area contributed by atoms with Gasteiger partial charge in [-0.25, -0.2) is 15.0 Å². The molecule has 74 valence electrons. The molecule has 0 amide bonds. The summed E-state index contributed by atoms with van der Waals surface area (Å²) in [5.74, 6) is 1.23. The molecule has 0 radical (unpaired) electrons. The number of hydrogen-bond donors (Lipinski definition) is 3. The van der Waals surface area contributed by atoms with E-state index in [4.69, 9.17) is 12.2 Å². The van der Waals surface area contributed by atoms with Crippen molar-refractivity contribution >= 4 is 23.4 Å². The third-order valence-electron chi connectivity index (χ3n) is 2.03. The largest absolute Gasteiger partial charge is 0.342 e. The van der Waals surface area contributed by atoms with E-state index >= 15 is 0 Å². The molecule has 0 aliphatic heterocycles. The van der Waals surface area contributed by atoms with Gasteiger partial charge in [0.2, 0.25) is 0 Å². The second kappa shape index (κ2) is 2.99. The SMILES string of the molecule is S=c1nc(-c2ncc[nH]2)[nH]c2nc[nH]c12. The molecule has 0 aliphatic carbocycles. The van der Waals surface area contributed by atoms with Gasteiger partial charge >= 0.3 is 0 Å². The highest BCUT2D eigenvalue weighted by atomic mass is 32.1. The molecule has 0 unspecified atom stereocenters. The minimum absolute atomic E-state index is 0.479. The molecule has 3 rings (SSSR count). The molecule has 3 aromatic rings. The lowest BCUT2D eigenvalue weighted by Crippen LogP contribution is -1.92. The van der Waals surface area contributed by atoms with Crippen LogP contribution >= 0.6 is 12.2 Å². The van der Waals surface area contributed by atoms with E-state index in [9.17, 15) is 0 Å². The number of H-pyrrole nitrogens is 3. The zero-order chi connectivity index (χ0) is 10.3. The smallest absolute Gasteiger partial charge is 0.176 e. The van der Waals surface area contributed by atoms with E-state index in [0.717, 1.165) is 5.52 Å². The summed E-state index contributed by atoms with van der Waals surface area (Å²) in [6.45, 7) is 0. The van der Waals surface area contributed by atoms with Gasteiger partial charge in [0, 0.05) is 12.4 Å². The van der Waals surface area contributed by atoms with Crippen molar-refractivity contribution in [3.63, 3.8) is 0 Å². The van der Waals surface area contributed by atoms with Crippen molar-refractivity contribution in [2.24, 2.45) is 0 Å². The molecular formula is C8H6N6S. The number of aromatic nitrogens is 6. The average molecular weight is 218 g/mol. The van der Waals surface area contributed by atoms with Gasteiger partial charge < -0.3 is 15.0 Å². The monoisotopic (exact) mass is 218 g/mol. The van der Waals surface area contributed by atoms with E-state index in [2.05, 4.69) is 29.9 Å². The molecule has 0 spiro atoms. The first-order valence-electron chi connectivity index (χ1n) is 4.28. The van der Waals surface area contributed by atoms with Crippen LogP contribution in [0.4, 0.5) is 0 Å².